The minimum atomic E-state index is -0.517. The Morgan fingerprint density at radius 2 is 2.08 bits per heavy atom. The Morgan fingerprint density at radius 3 is 2.80 bits per heavy atom. The average molecular weight is 378 g/mol. The summed E-state index contributed by atoms with van der Waals surface area (Å²) in [4.78, 5) is 21.6. The number of nitrogens with zero attached hydrogens (tertiary/aromatic N) is 3. The van der Waals surface area contributed by atoms with E-state index in [4.69, 9.17) is 32.7 Å². The van der Waals surface area contributed by atoms with Crippen LogP contribution in [-0.4, -0.2) is 39.0 Å². The van der Waals surface area contributed by atoms with Gasteiger partial charge in [-0.05, 0) is 11.6 Å². The Labute approximate surface area is 153 Å². The Morgan fingerprint density at radius 1 is 1.32 bits per heavy atom. The number of fused-ring (bicyclic) bond motifs is 3. The SMILES string of the molecule is O=C(CO)N1CCc2oc3c(Cl)c(Cl)cc(-c4cncnc4)c3c2C1. The fourth-order valence-electron chi connectivity index (χ4n) is 3.18. The first-order chi connectivity index (χ1) is 12.1. The molecular formula is C17H13Cl2N3O3. The summed E-state index contributed by atoms with van der Waals surface area (Å²) in [5.74, 6) is 0.462. The molecule has 1 amide bonds. The Hall–Kier alpha value is -2.15. The van der Waals surface area contributed by atoms with Gasteiger partial charge >= 0.3 is 0 Å². The average Bonchev–Trinajstić information content (AvgIpc) is 3.03. The zero-order valence-corrected chi connectivity index (χ0v) is 14.5. The summed E-state index contributed by atoms with van der Waals surface area (Å²) in [6.07, 6.45) is 5.37. The molecule has 0 spiro atoms. The third kappa shape index (κ3) is 2.66. The molecule has 0 aliphatic carbocycles. The minimum Gasteiger partial charge on any atom is -0.459 e. The highest BCUT2D eigenvalue weighted by atomic mass is 35.5. The maximum atomic E-state index is 11.9. The molecule has 1 aromatic carbocycles. The standard InChI is InChI=1S/C17H13Cl2N3O3/c18-12-3-10(9-4-20-8-21-5-9)15-11-6-22(14(24)7-23)2-1-13(11)25-17(15)16(12)19/h3-5,8,23H,1-2,6-7H2. The number of amides is 1. The monoisotopic (exact) mass is 377 g/mol. The molecule has 1 N–H and O–H groups in total. The van der Waals surface area contributed by atoms with Gasteiger partial charge in [-0.3, -0.25) is 4.79 Å². The van der Waals surface area contributed by atoms with Crippen molar-refractivity contribution >= 4 is 40.1 Å². The number of rotatable bonds is 2. The quantitative estimate of drug-likeness (QED) is 0.742. The smallest absolute Gasteiger partial charge is 0.248 e. The van der Waals surface area contributed by atoms with Crippen LogP contribution in [0.5, 0.6) is 0 Å². The van der Waals surface area contributed by atoms with Crippen molar-refractivity contribution in [1.29, 1.82) is 0 Å². The van der Waals surface area contributed by atoms with E-state index in [0.29, 0.717) is 35.1 Å². The van der Waals surface area contributed by atoms with Crippen molar-refractivity contribution in [2.24, 2.45) is 0 Å². The third-order valence-electron chi connectivity index (χ3n) is 4.36. The van der Waals surface area contributed by atoms with Crippen LogP contribution in [0.3, 0.4) is 0 Å². The van der Waals surface area contributed by atoms with Crippen molar-refractivity contribution in [3.05, 3.63) is 46.2 Å². The zero-order chi connectivity index (χ0) is 17.6. The van der Waals surface area contributed by atoms with E-state index in [1.54, 1.807) is 23.4 Å². The van der Waals surface area contributed by atoms with Crippen LogP contribution in [-0.2, 0) is 17.8 Å². The molecule has 6 nitrogen and oxygen atoms in total. The number of benzene rings is 1. The van der Waals surface area contributed by atoms with Gasteiger partial charge in [0.05, 0.1) is 5.02 Å². The molecule has 8 heteroatoms. The second-order valence-corrected chi connectivity index (χ2v) is 6.56. The number of aliphatic hydroxyl groups is 1. The molecule has 3 aromatic rings. The molecule has 3 heterocycles. The number of carbonyl (C=O) groups is 1. The van der Waals surface area contributed by atoms with Crippen molar-refractivity contribution in [1.82, 2.24) is 14.9 Å². The van der Waals surface area contributed by atoms with E-state index in [2.05, 4.69) is 9.97 Å². The molecule has 0 fully saturated rings. The van der Waals surface area contributed by atoms with Crippen LogP contribution in [0.4, 0.5) is 0 Å². The van der Waals surface area contributed by atoms with Gasteiger partial charge in [0, 0.05) is 48.4 Å². The van der Waals surface area contributed by atoms with Gasteiger partial charge in [-0.25, -0.2) is 9.97 Å². The van der Waals surface area contributed by atoms with Crippen molar-refractivity contribution in [3.8, 4) is 11.1 Å². The van der Waals surface area contributed by atoms with Gasteiger partial charge in [0.25, 0.3) is 0 Å². The first-order valence-corrected chi connectivity index (χ1v) is 8.42. The summed E-state index contributed by atoms with van der Waals surface area (Å²) < 4.78 is 5.97. The molecule has 4 rings (SSSR count). The van der Waals surface area contributed by atoms with Crippen LogP contribution in [0.2, 0.25) is 10.0 Å². The topological polar surface area (TPSA) is 79.5 Å². The summed E-state index contributed by atoms with van der Waals surface area (Å²) in [6.45, 7) is 0.318. The number of carbonyl (C=O) groups excluding carboxylic acids is 1. The number of aliphatic hydroxyl groups excluding tert-OH is 1. The molecule has 2 aromatic heterocycles. The zero-order valence-electron chi connectivity index (χ0n) is 13.0. The number of hydrogen-bond acceptors (Lipinski definition) is 5. The van der Waals surface area contributed by atoms with Crippen molar-refractivity contribution in [2.45, 2.75) is 13.0 Å². The largest absolute Gasteiger partial charge is 0.459 e. The molecule has 0 atom stereocenters. The normalized spacial score (nSPS) is 14.0. The summed E-state index contributed by atoms with van der Waals surface area (Å²) in [5, 5.41) is 10.7. The van der Waals surface area contributed by atoms with Gasteiger partial charge in [0.1, 0.15) is 23.7 Å². The molecule has 0 radical (unpaired) electrons. The highest BCUT2D eigenvalue weighted by Gasteiger charge is 2.28. The fourth-order valence-corrected chi connectivity index (χ4v) is 3.56. The molecule has 1 aliphatic rings. The lowest BCUT2D eigenvalue weighted by Crippen LogP contribution is -2.37. The number of halogens is 2. The van der Waals surface area contributed by atoms with Crippen LogP contribution in [0.25, 0.3) is 22.1 Å². The predicted octanol–water partition coefficient (Wildman–Crippen LogP) is 3.07. The number of aromatic nitrogens is 2. The van der Waals surface area contributed by atoms with Gasteiger partial charge in [-0.1, -0.05) is 23.2 Å². The van der Waals surface area contributed by atoms with Crippen LogP contribution in [0.1, 0.15) is 11.3 Å². The van der Waals surface area contributed by atoms with Crippen LogP contribution >= 0.6 is 23.2 Å². The second kappa shape index (κ2) is 6.29. The minimum absolute atomic E-state index is 0.315. The van der Waals surface area contributed by atoms with Gasteiger partial charge in [0.15, 0.2) is 5.58 Å². The highest BCUT2D eigenvalue weighted by Crippen LogP contribution is 2.43. The Kier molecular flexibility index (Phi) is 4.11. The van der Waals surface area contributed by atoms with E-state index in [1.165, 1.54) is 6.33 Å². The Bertz CT molecular complexity index is 972. The van der Waals surface area contributed by atoms with Crippen LogP contribution in [0, 0.1) is 0 Å². The number of hydrogen-bond donors (Lipinski definition) is 1. The summed E-state index contributed by atoms with van der Waals surface area (Å²) >= 11 is 12.6. The van der Waals surface area contributed by atoms with Crippen LogP contribution in [0.15, 0.2) is 29.2 Å². The number of furan rings is 1. The molecule has 0 unspecified atom stereocenters. The highest BCUT2D eigenvalue weighted by molar-refractivity contribution is 6.45. The van der Waals surface area contributed by atoms with E-state index >= 15 is 0 Å². The maximum Gasteiger partial charge on any atom is 0.248 e. The van der Waals surface area contributed by atoms with E-state index in [0.717, 1.165) is 27.8 Å². The summed E-state index contributed by atoms with van der Waals surface area (Å²) in [7, 11) is 0. The third-order valence-corrected chi connectivity index (χ3v) is 5.13. The lowest BCUT2D eigenvalue weighted by Gasteiger charge is -2.26. The van der Waals surface area contributed by atoms with Gasteiger partial charge in [-0.15, -0.1) is 0 Å². The van der Waals surface area contributed by atoms with Crippen molar-refractivity contribution < 1.29 is 14.3 Å². The van der Waals surface area contributed by atoms with E-state index in [1.807, 2.05) is 0 Å². The lowest BCUT2D eigenvalue weighted by molar-refractivity contribution is -0.135. The van der Waals surface area contributed by atoms with Gasteiger partial charge in [0.2, 0.25) is 5.91 Å². The maximum absolute atomic E-state index is 11.9. The Balaban J connectivity index is 1.97. The molecule has 1 aliphatic heterocycles. The van der Waals surface area contributed by atoms with Crippen LogP contribution < -0.4 is 0 Å². The van der Waals surface area contributed by atoms with E-state index in [9.17, 15) is 4.79 Å². The van der Waals surface area contributed by atoms with Crippen molar-refractivity contribution in [2.75, 3.05) is 13.2 Å². The van der Waals surface area contributed by atoms with Gasteiger partial charge < -0.3 is 14.4 Å². The molecule has 0 saturated carbocycles. The molecule has 128 valence electrons. The lowest BCUT2D eigenvalue weighted by atomic mass is 9.97. The molecular weight excluding hydrogens is 365 g/mol. The molecule has 0 bridgehead atoms. The first kappa shape index (κ1) is 16.3. The fraction of sp³-hybridized carbons (Fsp3) is 0.235. The summed E-state index contributed by atoms with van der Waals surface area (Å²) in [5.41, 5.74) is 2.95. The summed E-state index contributed by atoms with van der Waals surface area (Å²) in [6, 6.07) is 1.76. The first-order valence-electron chi connectivity index (χ1n) is 7.66. The second-order valence-electron chi connectivity index (χ2n) is 5.78. The molecule has 0 saturated heterocycles. The molecule has 25 heavy (non-hydrogen) atoms. The van der Waals surface area contributed by atoms with E-state index < -0.39 is 6.61 Å². The van der Waals surface area contributed by atoms with Crippen molar-refractivity contribution in [3.63, 3.8) is 0 Å². The van der Waals surface area contributed by atoms with E-state index in [-0.39, 0.29) is 5.91 Å². The predicted molar refractivity (Wildman–Crippen MR) is 93.5 cm³/mol. The van der Waals surface area contributed by atoms with Gasteiger partial charge in [-0.2, -0.15) is 0 Å².